The van der Waals surface area contributed by atoms with Crippen LogP contribution in [0.4, 0.5) is 0 Å². The summed E-state index contributed by atoms with van der Waals surface area (Å²) in [5.41, 5.74) is 5.53. The first-order chi connectivity index (χ1) is 9.13. The fraction of sp³-hybridized carbons (Fsp3) is 0.400. The molecule has 1 aliphatic rings. The quantitative estimate of drug-likeness (QED) is 0.652. The maximum Gasteiger partial charge on any atom is 0.0667 e. The van der Waals surface area contributed by atoms with Crippen LogP contribution >= 0.6 is 0 Å². The van der Waals surface area contributed by atoms with Crippen molar-refractivity contribution in [1.82, 2.24) is 15.2 Å². The van der Waals surface area contributed by atoms with Gasteiger partial charge in [-0.25, -0.2) is 4.68 Å². The third-order valence-corrected chi connectivity index (χ3v) is 4.16. The first-order valence-electron chi connectivity index (χ1n) is 6.69. The van der Waals surface area contributed by atoms with Crippen molar-refractivity contribution in [3.05, 3.63) is 48.3 Å². The summed E-state index contributed by atoms with van der Waals surface area (Å²) >= 11 is 0. The number of hydrogen-bond acceptors (Lipinski definition) is 3. The van der Waals surface area contributed by atoms with Crippen LogP contribution in [0.25, 0.3) is 5.69 Å². The number of nitrogens with zero attached hydrogens (tertiary/aromatic N) is 2. The monoisotopic (exact) mass is 256 g/mol. The maximum atomic E-state index is 5.78. The first-order valence-corrected chi connectivity index (χ1v) is 6.69. The zero-order valence-corrected chi connectivity index (χ0v) is 11.4. The van der Waals surface area contributed by atoms with Gasteiger partial charge in [0.15, 0.2) is 0 Å². The SMILES string of the molecule is CC1(C)CC1C(NN)c1ccnn1-c1ccccc1. The van der Waals surface area contributed by atoms with Crippen LogP contribution in [-0.2, 0) is 0 Å². The summed E-state index contributed by atoms with van der Waals surface area (Å²) in [7, 11) is 0. The fourth-order valence-corrected chi connectivity index (χ4v) is 2.82. The van der Waals surface area contributed by atoms with E-state index in [0.29, 0.717) is 11.3 Å². The summed E-state index contributed by atoms with van der Waals surface area (Å²) in [6, 6.07) is 12.4. The summed E-state index contributed by atoms with van der Waals surface area (Å²) in [4.78, 5) is 0. The Balaban J connectivity index is 1.96. The highest BCUT2D eigenvalue weighted by Gasteiger charge is 2.51. The Kier molecular flexibility index (Phi) is 2.92. The van der Waals surface area contributed by atoms with Crippen molar-refractivity contribution in [2.24, 2.45) is 17.2 Å². The summed E-state index contributed by atoms with van der Waals surface area (Å²) < 4.78 is 1.97. The van der Waals surface area contributed by atoms with Gasteiger partial charge in [-0.05, 0) is 36.0 Å². The van der Waals surface area contributed by atoms with E-state index in [1.807, 2.05) is 35.1 Å². The van der Waals surface area contributed by atoms with Crippen LogP contribution in [0.3, 0.4) is 0 Å². The molecule has 4 heteroatoms. The lowest BCUT2D eigenvalue weighted by Crippen LogP contribution is -2.32. The normalized spacial score (nSPS) is 22.2. The molecule has 0 spiro atoms. The number of rotatable bonds is 4. The highest BCUT2D eigenvalue weighted by atomic mass is 15.3. The second-order valence-electron chi connectivity index (χ2n) is 5.95. The van der Waals surface area contributed by atoms with Gasteiger partial charge in [-0.15, -0.1) is 0 Å². The van der Waals surface area contributed by atoms with E-state index in [4.69, 9.17) is 5.84 Å². The van der Waals surface area contributed by atoms with Gasteiger partial charge >= 0.3 is 0 Å². The topological polar surface area (TPSA) is 55.9 Å². The predicted molar refractivity (Wildman–Crippen MR) is 75.5 cm³/mol. The Morgan fingerprint density at radius 2 is 2.00 bits per heavy atom. The van der Waals surface area contributed by atoms with Crippen LogP contribution in [0.2, 0.25) is 0 Å². The van der Waals surface area contributed by atoms with E-state index >= 15 is 0 Å². The lowest BCUT2D eigenvalue weighted by molar-refractivity contribution is 0.408. The van der Waals surface area contributed by atoms with Crippen molar-refractivity contribution in [2.75, 3.05) is 0 Å². The highest BCUT2D eigenvalue weighted by molar-refractivity contribution is 5.33. The molecule has 1 aromatic carbocycles. The smallest absolute Gasteiger partial charge is 0.0667 e. The van der Waals surface area contributed by atoms with Crippen LogP contribution in [-0.4, -0.2) is 9.78 Å². The summed E-state index contributed by atoms with van der Waals surface area (Å²) in [5, 5.41) is 4.43. The zero-order chi connectivity index (χ0) is 13.5. The third kappa shape index (κ3) is 2.17. The van der Waals surface area contributed by atoms with Gasteiger partial charge in [0.1, 0.15) is 0 Å². The Morgan fingerprint density at radius 1 is 1.32 bits per heavy atom. The van der Waals surface area contributed by atoms with Crippen molar-refractivity contribution in [3.8, 4) is 5.69 Å². The van der Waals surface area contributed by atoms with Crippen molar-refractivity contribution in [2.45, 2.75) is 26.3 Å². The Bertz CT molecular complexity index is 559. The zero-order valence-electron chi connectivity index (χ0n) is 11.4. The van der Waals surface area contributed by atoms with Gasteiger partial charge in [-0.2, -0.15) is 5.10 Å². The Labute approximate surface area is 113 Å². The van der Waals surface area contributed by atoms with Crippen LogP contribution in [0.1, 0.15) is 32.0 Å². The molecule has 1 saturated carbocycles. The molecule has 2 unspecified atom stereocenters. The summed E-state index contributed by atoms with van der Waals surface area (Å²) in [6.07, 6.45) is 3.03. The molecule has 3 rings (SSSR count). The van der Waals surface area contributed by atoms with Crippen molar-refractivity contribution in [3.63, 3.8) is 0 Å². The number of para-hydroxylation sites is 1. The second kappa shape index (κ2) is 4.47. The van der Waals surface area contributed by atoms with Gasteiger partial charge in [0.05, 0.1) is 17.4 Å². The average Bonchev–Trinajstić information content (AvgIpc) is 2.85. The van der Waals surface area contributed by atoms with Gasteiger partial charge in [0.25, 0.3) is 0 Å². The highest BCUT2D eigenvalue weighted by Crippen LogP contribution is 2.57. The molecule has 1 heterocycles. The largest absolute Gasteiger partial charge is 0.271 e. The number of nitrogens with two attached hydrogens (primary N) is 1. The molecule has 19 heavy (non-hydrogen) atoms. The summed E-state index contributed by atoms with van der Waals surface area (Å²) in [5.74, 6) is 6.35. The van der Waals surface area contributed by atoms with E-state index in [9.17, 15) is 0 Å². The molecule has 4 nitrogen and oxygen atoms in total. The Morgan fingerprint density at radius 3 is 2.58 bits per heavy atom. The van der Waals surface area contributed by atoms with E-state index < -0.39 is 0 Å². The van der Waals surface area contributed by atoms with Crippen LogP contribution in [0.5, 0.6) is 0 Å². The van der Waals surface area contributed by atoms with Crippen molar-refractivity contribution in [1.29, 1.82) is 0 Å². The number of benzene rings is 1. The Hall–Kier alpha value is -1.65. The summed E-state index contributed by atoms with van der Waals surface area (Å²) in [6.45, 7) is 4.57. The lowest BCUT2D eigenvalue weighted by Gasteiger charge is -2.19. The number of hydrazine groups is 1. The molecule has 2 aromatic rings. The molecule has 1 aliphatic carbocycles. The van der Waals surface area contributed by atoms with Gasteiger partial charge in [-0.3, -0.25) is 11.3 Å². The second-order valence-corrected chi connectivity index (χ2v) is 5.95. The molecule has 0 radical (unpaired) electrons. The van der Waals surface area contributed by atoms with Crippen LogP contribution in [0.15, 0.2) is 42.6 Å². The number of nitrogens with one attached hydrogen (secondary N) is 1. The van der Waals surface area contributed by atoms with Gasteiger partial charge in [0.2, 0.25) is 0 Å². The molecule has 100 valence electrons. The predicted octanol–water partition coefficient (Wildman–Crippen LogP) is 2.42. The van der Waals surface area contributed by atoms with E-state index in [1.165, 1.54) is 6.42 Å². The third-order valence-electron chi connectivity index (χ3n) is 4.16. The molecule has 2 atom stereocenters. The number of hydrogen-bond donors (Lipinski definition) is 2. The molecule has 0 bridgehead atoms. The first kappa shape index (κ1) is 12.4. The average molecular weight is 256 g/mol. The lowest BCUT2D eigenvalue weighted by atomic mass is 10.0. The van der Waals surface area contributed by atoms with Crippen molar-refractivity contribution >= 4 is 0 Å². The molecular formula is C15H20N4. The van der Waals surface area contributed by atoms with Crippen molar-refractivity contribution < 1.29 is 0 Å². The van der Waals surface area contributed by atoms with E-state index in [-0.39, 0.29) is 6.04 Å². The minimum Gasteiger partial charge on any atom is -0.271 e. The fourth-order valence-electron chi connectivity index (χ4n) is 2.82. The standard InChI is InChI=1S/C15H20N4/c1-15(2)10-12(15)14(18-16)13-8-9-17-19(13)11-6-4-3-5-7-11/h3-9,12,14,18H,10,16H2,1-2H3. The maximum absolute atomic E-state index is 5.78. The molecule has 1 aromatic heterocycles. The van der Waals surface area contributed by atoms with Crippen LogP contribution < -0.4 is 11.3 Å². The van der Waals surface area contributed by atoms with E-state index in [2.05, 4.69) is 36.5 Å². The van der Waals surface area contributed by atoms with E-state index in [0.717, 1.165) is 11.4 Å². The minimum atomic E-state index is 0.151. The number of aromatic nitrogens is 2. The molecular weight excluding hydrogens is 236 g/mol. The molecule has 0 aliphatic heterocycles. The van der Waals surface area contributed by atoms with Gasteiger partial charge in [0, 0.05) is 6.20 Å². The van der Waals surface area contributed by atoms with Gasteiger partial charge < -0.3 is 0 Å². The minimum absolute atomic E-state index is 0.151. The van der Waals surface area contributed by atoms with E-state index in [1.54, 1.807) is 0 Å². The van der Waals surface area contributed by atoms with Crippen LogP contribution in [0, 0.1) is 11.3 Å². The molecule has 0 amide bonds. The molecule has 3 N–H and O–H groups in total. The van der Waals surface area contributed by atoms with Gasteiger partial charge in [-0.1, -0.05) is 32.0 Å². The molecule has 1 fully saturated rings. The molecule has 0 saturated heterocycles.